The van der Waals surface area contributed by atoms with E-state index in [9.17, 15) is 9.90 Å². The first-order chi connectivity index (χ1) is 13.1. The minimum atomic E-state index is -0.739. The molecular formula is C21H21N3O2S. The van der Waals surface area contributed by atoms with Gasteiger partial charge in [-0.3, -0.25) is 4.79 Å². The lowest BCUT2D eigenvalue weighted by molar-refractivity contribution is 0.0912. The summed E-state index contributed by atoms with van der Waals surface area (Å²) in [4.78, 5) is 19.0. The predicted molar refractivity (Wildman–Crippen MR) is 108 cm³/mol. The van der Waals surface area contributed by atoms with Crippen molar-refractivity contribution in [2.45, 2.75) is 12.5 Å². The van der Waals surface area contributed by atoms with E-state index in [4.69, 9.17) is 0 Å². The fourth-order valence-electron chi connectivity index (χ4n) is 3.28. The lowest BCUT2D eigenvalue weighted by Gasteiger charge is -2.15. The molecule has 0 bridgehead atoms. The number of carbonyl (C=O) groups is 1. The Morgan fingerprint density at radius 2 is 2.11 bits per heavy atom. The number of thiazole rings is 1. The molecule has 2 N–H and O–H groups in total. The van der Waals surface area contributed by atoms with Crippen molar-refractivity contribution in [3.8, 4) is 10.6 Å². The van der Waals surface area contributed by atoms with Crippen molar-refractivity contribution >= 4 is 22.9 Å². The molecule has 138 valence electrons. The highest BCUT2D eigenvalue weighted by Crippen LogP contribution is 2.29. The van der Waals surface area contributed by atoms with Crippen LogP contribution in [0.2, 0.25) is 0 Å². The molecule has 0 radical (unpaired) electrons. The third-order valence-corrected chi connectivity index (χ3v) is 5.72. The maximum atomic E-state index is 12.4. The fourth-order valence-corrected chi connectivity index (χ4v) is 4.09. The van der Waals surface area contributed by atoms with Crippen molar-refractivity contribution in [1.82, 2.24) is 10.3 Å². The normalized spacial score (nSPS) is 14.1. The summed E-state index contributed by atoms with van der Waals surface area (Å²) in [7, 11) is 2.07. The second-order valence-corrected chi connectivity index (χ2v) is 7.55. The molecule has 0 saturated heterocycles. The van der Waals surface area contributed by atoms with Gasteiger partial charge in [0.05, 0.1) is 6.10 Å². The molecule has 5 nitrogen and oxygen atoms in total. The van der Waals surface area contributed by atoms with Gasteiger partial charge in [0.2, 0.25) is 0 Å². The molecule has 0 fully saturated rings. The number of hydrogen-bond acceptors (Lipinski definition) is 5. The molecule has 1 aromatic heterocycles. The third-order valence-electron chi connectivity index (χ3n) is 4.83. The summed E-state index contributed by atoms with van der Waals surface area (Å²) in [5.74, 6) is -0.270. The number of benzene rings is 2. The van der Waals surface area contributed by atoms with Gasteiger partial charge >= 0.3 is 0 Å². The quantitative estimate of drug-likeness (QED) is 0.714. The van der Waals surface area contributed by atoms with Crippen LogP contribution in [0.1, 0.15) is 27.7 Å². The molecule has 0 saturated carbocycles. The Hall–Kier alpha value is -2.70. The molecule has 6 heteroatoms. The van der Waals surface area contributed by atoms with Crippen molar-refractivity contribution < 1.29 is 9.90 Å². The molecule has 1 aliphatic rings. The molecule has 2 aromatic carbocycles. The molecule has 27 heavy (non-hydrogen) atoms. The second-order valence-electron chi connectivity index (χ2n) is 6.69. The van der Waals surface area contributed by atoms with E-state index in [-0.39, 0.29) is 12.5 Å². The molecule has 4 rings (SSSR count). The van der Waals surface area contributed by atoms with Gasteiger partial charge in [0.25, 0.3) is 5.91 Å². The first-order valence-corrected chi connectivity index (χ1v) is 9.81. The average molecular weight is 379 g/mol. The average Bonchev–Trinajstić information content (AvgIpc) is 3.34. The summed E-state index contributed by atoms with van der Waals surface area (Å²) >= 11 is 1.44. The van der Waals surface area contributed by atoms with Gasteiger partial charge in [-0.25, -0.2) is 4.98 Å². The standard InChI is InChI=1S/C21H21N3O2S/c1-24-10-9-15-11-16(7-8-18(15)24)19(25)12-22-20(26)17-13-27-21(23-17)14-5-3-2-4-6-14/h2-8,11,13,19,25H,9-10,12H2,1H3,(H,22,26)/t19-/m1/s1. The zero-order valence-electron chi connectivity index (χ0n) is 15.1. The Kier molecular flexibility index (Phi) is 4.92. The van der Waals surface area contributed by atoms with Gasteiger partial charge in [-0.1, -0.05) is 42.5 Å². The number of anilines is 1. The molecule has 2 heterocycles. The maximum absolute atomic E-state index is 12.4. The molecule has 0 aliphatic carbocycles. The lowest BCUT2D eigenvalue weighted by atomic mass is 10.0. The van der Waals surface area contributed by atoms with E-state index < -0.39 is 6.10 Å². The number of nitrogens with one attached hydrogen (secondary N) is 1. The van der Waals surface area contributed by atoms with Crippen LogP contribution in [0.3, 0.4) is 0 Å². The zero-order valence-corrected chi connectivity index (χ0v) is 15.9. The van der Waals surface area contributed by atoms with Crippen LogP contribution in [0, 0.1) is 0 Å². The van der Waals surface area contributed by atoms with Gasteiger partial charge < -0.3 is 15.3 Å². The van der Waals surface area contributed by atoms with Crippen molar-refractivity contribution in [2.75, 3.05) is 25.0 Å². The van der Waals surface area contributed by atoms with Crippen molar-refractivity contribution in [3.05, 3.63) is 70.7 Å². The molecule has 3 aromatic rings. The van der Waals surface area contributed by atoms with E-state index in [1.54, 1.807) is 5.38 Å². The topological polar surface area (TPSA) is 65.5 Å². The number of carbonyl (C=O) groups excluding carboxylic acids is 1. The fraction of sp³-hybridized carbons (Fsp3) is 0.238. The number of nitrogens with zero attached hydrogens (tertiary/aromatic N) is 2. The van der Waals surface area contributed by atoms with E-state index in [2.05, 4.69) is 22.2 Å². The molecule has 0 spiro atoms. The highest BCUT2D eigenvalue weighted by atomic mass is 32.1. The minimum Gasteiger partial charge on any atom is -0.387 e. The van der Waals surface area contributed by atoms with Crippen molar-refractivity contribution in [1.29, 1.82) is 0 Å². The summed E-state index contributed by atoms with van der Waals surface area (Å²) in [6.45, 7) is 1.16. The Bertz CT molecular complexity index is 955. The number of rotatable bonds is 5. The van der Waals surface area contributed by atoms with Crippen LogP contribution in [0.25, 0.3) is 10.6 Å². The Labute approximate surface area is 162 Å². The SMILES string of the molecule is CN1CCc2cc([C@H](O)CNC(=O)c3csc(-c4ccccc4)n3)ccc21. The van der Waals surface area contributed by atoms with Gasteiger partial charge in [0.15, 0.2) is 0 Å². The van der Waals surface area contributed by atoms with Crippen LogP contribution in [-0.2, 0) is 6.42 Å². The smallest absolute Gasteiger partial charge is 0.270 e. The van der Waals surface area contributed by atoms with Gasteiger partial charge in [-0.05, 0) is 23.6 Å². The lowest BCUT2D eigenvalue weighted by Crippen LogP contribution is -2.28. The second kappa shape index (κ2) is 7.50. The minimum absolute atomic E-state index is 0.158. The maximum Gasteiger partial charge on any atom is 0.270 e. The number of aliphatic hydroxyl groups is 1. The first-order valence-electron chi connectivity index (χ1n) is 8.93. The van der Waals surface area contributed by atoms with E-state index >= 15 is 0 Å². The van der Waals surface area contributed by atoms with Gasteiger partial charge in [-0.15, -0.1) is 11.3 Å². The molecule has 1 aliphatic heterocycles. The van der Waals surface area contributed by atoms with Crippen LogP contribution in [0.5, 0.6) is 0 Å². The van der Waals surface area contributed by atoms with Gasteiger partial charge in [0, 0.05) is 36.8 Å². The number of likely N-dealkylation sites (N-methyl/N-ethyl adjacent to an activating group) is 1. The number of aliphatic hydroxyl groups excluding tert-OH is 1. The van der Waals surface area contributed by atoms with Crippen molar-refractivity contribution in [3.63, 3.8) is 0 Å². The van der Waals surface area contributed by atoms with Crippen LogP contribution in [0.15, 0.2) is 53.9 Å². The van der Waals surface area contributed by atoms with E-state index in [0.717, 1.165) is 29.1 Å². The number of fused-ring (bicyclic) bond motifs is 1. The Morgan fingerprint density at radius 3 is 2.93 bits per heavy atom. The van der Waals surface area contributed by atoms with E-state index in [0.29, 0.717) is 5.69 Å². The summed E-state index contributed by atoms with van der Waals surface area (Å²) in [5.41, 5.74) is 4.65. The molecule has 1 amide bonds. The van der Waals surface area contributed by atoms with Gasteiger partial charge in [0.1, 0.15) is 10.7 Å². The number of amides is 1. The Morgan fingerprint density at radius 1 is 1.30 bits per heavy atom. The van der Waals surface area contributed by atoms with Crippen molar-refractivity contribution in [2.24, 2.45) is 0 Å². The van der Waals surface area contributed by atoms with E-state index in [1.807, 2.05) is 48.5 Å². The summed E-state index contributed by atoms with van der Waals surface area (Å²) in [6, 6.07) is 15.8. The largest absolute Gasteiger partial charge is 0.387 e. The van der Waals surface area contributed by atoms with Crippen LogP contribution in [-0.4, -0.2) is 36.1 Å². The van der Waals surface area contributed by atoms with Crippen LogP contribution in [0.4, 0.5) is 5.69 Å². The molecule has 1 atom stereocenters. The first kappa shape index (κ1) is 17.7. The highest BCUT2D eigenvalue weighted by Gasteiger charge is 2.19. The zero-order chi connectivity index (χ0) is 18.8. The summed E-state index contributed by atoms with van der Waals surface area (Å²) in [5, 5.41) is 15.8. The van der Waals surface area contributed by atoms with Crippen LogP contribution >= 0.6 is 11.3 Å². The molecule has 0 unspecified atom stereocenters. The monoisotopic (exact) mass is 379 g/mol. The van der Waals surface area contributed by atoms with Gasteiger partial charge in [-0.2, -0.15) is 0 Å². The van der Waals surface area contributed by atoms with Crippen LogP contribution < -0.4 is 10.2 Å². The number of aromatic nitrogens is 1. The summed E-state index contributed by atoms with van der Waals surface area (Å²) in [6.07, 6.45) is 0.247. The Balaban J connectivity index is 1.39. The predicted octanol–water partition coefficient (Wildman–Crippen LogP) is 3.27. The summed E-state index contributed by atoms with van der Waals surface area (Å²) < 4.78 is 0. The number of hydrogen-bond donors (Lipinski definition) is 2. The third kappa shape index (κ3) is 3.72. The van der Waals surface area contributed by atoms with E-state index in [1.165, 1.54) is 22.6 Å². The highest BCUT2D eigenvalue weighted by molar-refractivity contribution is 7.13. The molecular weight excluding hydrogens is 358 g/mol.